The Hall–Kier alpha value is -1.39. The number of hydrogen-bond acceptors (Lipinski definition) is 4. The molecule has 4 heteroatoms. The quantitative estimate of drug-likeness (QED) is 0.884. The number of rotatable bonds is 2. The maximum absolute atomic E-state index is 5.84. The van der Waals surface area contributed by atoms with Crippen molar-refractivity contribution < 1.29 is 0 Å². The third-order valence-corrected chi connectivity index (χ3v) is 5.11. The van der Waals surface area contributed by atoms with Crippen LogP contribution in [0.25, 0.3) is 0 Å². The minimum absolute atomic E-state index is 0.0251. The van der Waals surface area contributed by atoms with E-state index in [0.29, 0.717) is 5.13 Å². The molecule has 1 aliphatic rings. The van der Waals surface area contributed by atoms with Crippen molar-refractivity contribution in [2.24, 2.45) is 0 Å². The maximum atomic E-state index is 5.84. The van der Waals surface area contributed by atoms with Crippen LogP contribution < -0.4 is 11.1 Å². The molecule has 1 aliphatic carbocycles. The first kappa shape index (κ1) is 12.6. The molecule has 3 rings (SSSR count). The second kappa shape index (κ2) is 4.62. The number of likely N-dealkylation sites (N-methyl/N-ethyl adjacent to an activating group) is 1. The Morgan fingerprint density at radius 1 is 1.37 bits per heavy atom. The van der Waals surface area contributed by atoms with E-state index in [0.717, 1.165) is 19.3 Å². The summed E-state index contributed by atoms with van der Waals surface area (Å²) in [6.45, 7) is 2.19. The molecule has 0 aliphatic heterocycles. The van der Waals surface area contributed by atoms with E-state index in [1.807, 2.05) is 0 Å². The lowest BCUT2D eigenvalue weighted by Gasteiger charge is -2.38. The van der Waals surface area contributed by atoms with Crippen molar-refractivity contribution in [2.45, 2.75) is 31.7 Å². The lowest BCUT2D eigenvalue weighted by molar-refractivity contribution is 0.314. The summed E-state index contributed by atoms with van der Waals surface area (Å²) in [6.07, 6.45) is 3.06. The standard InChI is InChI=1S/C15H19N3S/c1-10-5-3-4-6-11(10)15(17-2)8-7-12-13(9-15)19-14(16)18-12/h3-6,17H,7-9H2,1-2H3,(H2,16,18). The SMILES string of the molecule is CNC1(c2ccccc2C)CCc2nc(N)sc2C1. The van der Waals surface area contributed by atoms with Gasteiger partial charge in [-0.15, -0.1) is 11.3 Å². The van der Waals surface area contributed by atoms with Crippen molar-refractivity contribution in [3.05, 3.63) is 46.0 Å². The van der Waals surface area contributed by atoms with Crippen LogP contribution in [0.2, 0.25) is 0 Å². The van der Waals surface area contributed by atoms with Gasteiger partial charge in [0, 0.05) is 16.8 Å². The number of aromatic nitrogens is 1. The highest BCUT2D eigenvalue weighted by Crippen LogP contribution is 2.40. The molecule has 0 radical (unpaired) electrons. The van der Waals surface area contributed by atoms with Gasteiger partial charge in [-0.3, -0.25) is 0 Å². The molecule has 0 amide bonds. The lowest BCUT2D eigenvalue weighted by atomic mass is 9.76. The first-order chi connectivity index (χ1) is 9.14. The van der Waals surface area contributed by atoms with E-state index >= 15 is 0 Å². The Bertz CT molecular complexity index is 605. The molecule has 2 aromatic rings. The van der Waals surface area contributed by atoms with Crippen LogP contribution in [-0.2, 0) is 18.4 Å². The number of nitrogens with zero attached hydrogens (tertiary/aromatic N) is 1. The Labute approximate surface area is 117 Å². The first-order valence-corrected chi connectivity index (χ1v) is 7.45. The Kier molecular flexibility index (Phi) is 3.07. The molecule has 0 fully saturated rings. The van der Waals surface area contributed by atoms with Gasteiger partial charge in [0.25, 0.3) is 0 Å². The zero-order valence-corrected chi connectivity index (χ0v) is 12.2. The van der Waals surface area contributed by atoms with E-state index < -0.39 is 0 Å². The molecule has 1 unspecified atom stereocenters. The number of nitrogens with one attached hydrogen (secondary N) is 1. The van der Waals surface area contributed by atoms with Crippen molar-refractivity contribution in [3.8, 4) is 0 Å². The first-order valence-electron chi connectivity index (χ1n) is 6.64. The molecule has 1 heterocycles. The van der Waals surface area contributed by atoms with Crippen molar-refractivity contribution in [1.29, 1.82) is 0 Å². The highest BCUT2D eigenvalue weighted by Gasteiger charge is 2.37. The van der Waals surface area contributed by atoms with Crippen molar-refractivity contribution >= 4 is 16.5 Å². The van der Waals surface area contributed by atoms with Crippen LogP contribution in [0.4, 0.5) is 5.13 Å². The van der Waals surface area contributed by atoms with Gasteiger partial charge in [-0.2, -0.15) is 0 Å². The minimum Gasteiger partial charge on any atom is -0.375 e. The third kappa shape index (κ3) is 2.05. The van der Waals surface area contributed by atoms with E-state index in [-0.39, 0.29) is 5.54 Å². The van der Waals surface area contributed by atoms with Crippen LogP contribution in [0, 0.1) is 6.92 Å². The molecule has 0 saturated heterocycles. The van der Waals surface area contributed by atoms with E-state index in [2.05, 4.69) is 48.5 Å². The summed E-state index contributed by atoms with van der Waals surface area (Å²) < 4.78 is 0. The molecule has 3 N–H and O–H groups in total. The summed E-state index contributed by atoms with van der Waals surface area (Å²) in [5.74, 6) is 0. The van der Waals surface area contributed by atoms with E-state index in [9.17, 15) is 0 Å². The fraction of sp³-hybridized carbons (Fsp3) is 0.400. The van der Waals surface area contributed by atoms with Crippen molar-refractivity contribution in [3.63, 3.8) is 0 Å². The Morgan fingerprint density at radius 3 is 2.89 bits per heavy atom. The summed E-state index contributed by atoms with van der Waals surface area (Å²) in [5, 5.41) is 4.26. The molecule has 19 heavy (non-hydrogen) atoms. The summed E-state index contributed by atoms with van der Waals surface area (Å²) >= 11 is 1.64. The van der Waals surface area contributed by atoms with Crippen LogP contribution in [0.3, 0.4) is 0 Å². The van der Waals surface area contributed by atoms with Crippen LogP contribution in [0.15, 0.2) is 24.3 Å². The number of aryl methyl sites for hydroxylation is 2. The predicted molar refractivity (Wildman–Crippen MR) is 80.5 cm³/mol. The Balaban J connectivity index is 2.05. The number of nitrogen functional groups attached to an aromatic ring is 1. The van der Waals surface area contributed by atoms with Gasteiger partial charge in [0.1, 0.15) is 0 Å². The van der Waals surface area contributed by atoms with E-state index in [1.165, 1.54) is 21.7 Å². The normalized spacial score (nSPS) is 22.2. The molecule has 1 aromatic carbocycles. The van der Waals surface area contributed by atoms with Gasteiger partial charge in [0.05, 0.1) is 5.69 Å². The largest absolute Gasteiger partial charge is 0.375 e. The summed E-state index contributed by atoms with van der Waals surface area (Å²) in [6, 6.07) is 8.64. The number of fused-ring (bicyclic) bond motifs is 1. The average Bonchev–Trinajstić information content (AvgIpc) is 2.78. The molecule has 3 nitrogen and oxygen atoms in total. The zero-order chi connectivity index (χ0) is 13.5. The molecular weight excluding hydrogens is 254 g/mol. The summed E-state index contributed by atoms with van der Waals surface area (Å²) in [7, 11) is 2.06. The average molecular weight is 273 g/mol. The third-order valence-electron chi connectivity index (χ3n) is 4.18. The number of hydrogen-bond donors (Lipinski definition) is 2. The number of benzene rings is 1. The molecule has 1 atom stereocenters. The smallest absolute Gasteiger partial charge is 0.180 e. The van der Waals surface area contributed by atoms with Gasteiger partial charge in [-0.1, -0.05) is 24.3 Å². The highest BCUT2D eigenvalue weighted by molar-refractivity contribution is 7.15. The summed E-state index contributed by atoms with van der Waals surface area (Å²) in [5.41, 5.74) is 9.81. The number of nitrogens with two attached hydrogens (primary N) is 1. The molecule has 0 bridgehead atoms. The predicted octanol–water partition coefficient (Wildman–Crippen LogP) is 2.64. The highest BCUT2D eigenvalue weighted by atomic mass is 32.1. The van der Waals surface area contributed by atoms with Gasteiger partial charge >= 0.3 is 0 Å². The fourth-order valence-electron chi connectivity index (χ4n) is 3.12. The van der Waals surface area contributed by atoms with Gasteiger partial charge < -0.3 is 11.1 Å². The topological polar surface area (TPSA) is 50.9 Å². The molecular formula is C15H19N3S. The van der Waals surface area contributed by atoms with E-state index in [1.54, 1.807) is 11.3 Å². The monoisotopic (exact) mass is 273 g/mol. The van der Waals surface area contributed by atoms with Gasteiger partial charge in [0.15, 0.2) is 5.13 Å². The van der Waals surface area contributed by atoms with Crippen molar-refractivity contribution in [2.75, 3.05) is 12.8 Å². The summed E-state index contributed by atoms with van der Waals surface area (Å²) in [4.78, 5) is 5.77. The van der Waals surface area contributed by atoms with Gasteiger partial charge in [-0.05, 0) is 37.9 Å². The van der Waals surface area contributed by atoms with Crippen molar-refractivity contribution in [1.82, 2.24) is 10.3 Å². The second-order valence-electron chi connectivity index (χ2n) is 5.25. The minimum atomic E-state index is 0.0251. The van der Waals surface area contributed by atoms with Gasteiger partial charge in [0.2, 0.25) is 0 Å². The zero-order valence-electron chi connectivity index (χ0n) is 11.4. The maximum Gasteiger partial charge on any atom is 0.180 e. The van der Waals surface area contributed by atoms with Crippen LogP contribution in [0.5, 0.6) is 0 Å². The molecule has 100 valence electrons. The lowest BCUT2D eigenvalue weighted by Crippen LogP contribution is -2.45. The number of thiazole rings is 1. The second-order valence-corrected chi connectivity index (χ2v) is 6.36. The van der Waals surface area contributed by atoms with Gasteiger partial charge in [-0.25, -0.2) is 4.98 Å². The van der Waals surface area contributed by atoms with E-state index in [4.69, 9.17) is 5.73 Å². The Morgan fingerprint density at radius 2 is 2.16 bits per heavy atom. The number of anilines is 1. The van der Waals surface area contributed by atoms with Crippen LogP contribution in [-0.4, -0.2) is 12.0 Å². The molecule has 0 spiro atoms. The molecule has 0 saturated carbocycles. The van der Waals surface area contributed by atoms with Crippen LogP contribution in [0.1, 0.15) is 28.1 Å². The fourth-order valence-corrected chi connectivity index (χ4v) is 4.11. The van der Waals surface area contributed by atoms with Crippen LogP contribution >= 0.6 is 11.3 Å². The molecule has 1 aromatic heterocycles.